The minimum atomic E-state index is -2.80. The van der Waals surface area contributed by atoms with E-state index in [0.29, 0.717) is 35.0 Å². The van der Waals surface area contributed by atoms with Gasteiger partial charge in [-0.2, -0.15) is 5.26 Å². The number of thioether (sulfide) groups is 1. The number of nitrogens with one attached hydrogen (secondary N) is 1. The fourth-order valence-electron chi connectivity index (χ4n) is 3.42. The molecule has 2 aromatic heterocycles. The number of benzene rings is 2. The number of aromatic amines is 1. The largest absolute Gasteiger partial charge is 0.326 e. The molecule has 2 aromatic carbocycles. The van der Waals surface area contributed by atoms with E-state index in [4.69, 9.17) is 11.6 Å². The van der Waals surface area contributed by atoms with Gasteiger partial charge in [0.2, 0.25) is 0 Å². The number of imidazole rings is 1. The van der Waals surface area contributed by atoms with Crippen molar-refractivity contribution in [3.8, 4) is 17.3 Å². The van der Waals surface area contributed by atoms with Gasteiger partial charge in [0.05, 0.1) is 22.3 Å². The summed E-state index contributed by atoms with van der Waals surface area (Å²) in [5.41, 5.74) is 1.89. The summed E-state index contributed by atoms with van der Waals surface area (Å²) in [7, 11) is 0. The average Bonchev–Trinajstić information content (AvgIpc) is 3.11. The summed E-state index contributed by atoms with van der Waals surface area (Å²) in [6.45, 7) is 0.455. The number of nitrogens with zero attached hydrogens (tertiary/aromatic N) is 3. The van der Waals surface area contributed by atoms with Gasteiger partial charge in [-0.1, -0.05) is 35.9 Å². The van der Waals surface area contributed by atoms with Gasteiger partial charge in [-0.05, 0) is 36.8 Å². The summed E-state index contributed by atoms with van der Waals surface area (Å²) >= 11 is 7.15. The predicted octanol–water partition coefficient (Wildman–Crippen LogP) is 6.04. The highest BCUT2D eigenvalue weighted by molar-refractivity contribution is 7.99. The zero-order valence-electron chi connectivity index (χ0n) is 16.7. The van der Waals surface area contributed by atoms with Crippen LogP contribution in [0.15, 0.2) is 64.4 Å². The molecule has 0 aliphatic heterocycles. The van der Waals surface area contributed by atoms with Crippen LogP contribution in [0.1, 0.15) is 24.0 Å². The van der Waals surface area contributed by atoms with E-state index >= 15 is 0 Å². The molecule has 0 radical (unpaired) electrons. The highest BCUT2D eigenvalue weighted by Crippen LogP contribution is 2.34. The lowest BCUT2D eigenvalue weighted by Gasteiger charge is -2.12. The number of alkyl halides is 2. The lowest BCUT2D eigenvalue weighted by atomic mass is 10.1. The first kappa shape index (κ1) is 22.1. The summed E-state index contributed by atoms with van der Waals surface area (Å²) in [5.74, 6) is 0.500. The van der Waals surface area contributed by atoms with Crippen molar-refractivity contribution in [1.29, 1.82) is 5.26 Å². The Labute approximate surface area is 191 Å². The van der Waals surface area contributed by atoms with Gasteiger partial charge in [-0.15, -0.1) is 11.8 Å². The van der Waals surface area contributed by atoms with E-state index in [2.05, 4.69) is 9.97 Å². The summed E-state index contributed by atoms with van der Waals surface area (Å²) in [6, 6.07) is 17.2. The van der Waals surface area contributed by atoms with Gasteiger partial charge in [0.15, 0.2) is 0 Å². The maximum absolute atomic E-state index is 13.7. The third-order valence-electron chi connectivity index (χ3n) is 4.95. The lowest BCUT2D eigenvalue weighted by Crippen LogP contribution is -2.17. The smallest absolute Gasteiger partial charge is 0.306 e. The zero-order chi connectivity index (χ0) is 22.7. The fourth-order valence-corrected chi connectivity index (χ4v) is 4.48. The SMILES string of the molecule is N#Cc1c(C(F)F)cc(-c2ccc(Cl)cc2)nc1SCCCn1c(=O)[nH]c2ccccc21. The first-order chi connectivity index (χ1) is 15.5. The molecular formula is C23H17ClF2N4OS. The topological polar surface area (TPSA) is 74.5 Å². The molecule has 0 unspecified atom stereocenters. The second-order valence-electron chi connectivity index (χ2n) is 7.00. The lowest BCUT2D eigenvalue weighted by molar-refractivity contribution is 0.150. The minimum absolute atomic E-state index is 0.119. The highest BCUT2D eigenvalue weighted by atomic mass is 35.5. The van der Waals surface area contributed by atoms with Crippen molar-refractivity contribution in [2.24, 2.45) is 0 Å². The van der Waals surface area contributed by atoms with Crippen molar-refractivity contribution in [3.63, 3.8) is 0 Å². The van der Waals surface area contributed by atoms with Gasteiger partial charge < -0.3 is 4.98 Å². The molecule has 0 aliphatic carbocycles. The van der Waals surface area contributed by atoms with E-state index in [1.807, 2.05) is 30.3 Å². The van der Waals surface area contributed by atoms with Crippen molar-refractivity contribution in [1.82, 2.24) is 14.5 Å². The molecule has 9 heteroatoms. The summed E-state index contributed by atoms with van der Waals surface area (Å²) < 4.78 is 29.0. The van der Waals surface area contributed by atoms with Gasteiger partial charge in [0.25, 0.3) is 6.43 Å². The Morgan fingerprint density at radius 1 is 1.19 bits per heavy atom. The third-order valence-corrected chi connectivity index (χ3v) is 6.26. The Hall–Kier alpha value is -3.15. The van der Waals surface area contributed by atoms with Crippen molar-refractivity contribution in [2.75, 3.05) is 5.75 Å². The fraction of sp³-hybridized carbons (Fsp3) is 0.174. The van der Waals surface area contributed by atoms with Crippen LogP contribution in [-0.2, 0) is 6.54 Å². The maximum Gasteiger partial charge on any atom is 0.326 e. The number of hydrogen-bond acceptors (Lipinski definition) is 4. The molecule has 4 rings (SSSR count). The molecule has 0 fully saturated rings. The molecule has 0 bridgehead atoms. The molecule has 5 nitrogen and oxygen atoms in total. The van der Waals surface area contributed by atoms with Crippen LogP contribution >= 0.6 is 23.4 Å². The number of aromatic nitrogens is 3. The molecule has 0 saturated heterocycles. The maximum atomic E-state index is 13.7. The number of fused-ring (bicyclic) bond motifs is 1. The second-order valence-corrected chi connectivity index (χ2v) is 8.52. The standard InChI is InChI=1S/C23H17ClF2N4OS/c24-15-8-6-14(7-9-15)19-12-16(21(25)26)17(13-27)22(28-19)32-11-3-10-30-20-5-2-1-4-18(20)29-23(30)31/h1-2,4-9,12,21H,3,10-11H2,(H,29,31). The van der Waals surface area contributed by atoms with Crippen molar-refractivity contribution >= 4 is 34.4 Å². The quantitative estimate of drug-likeness (QED) is 0.264. The number of aryl methyl sites for hydroxylation is 1. The number of H-pyrrole nitrogens is 1. The number of hydrogen-bond donors (Lipinski definition) is 1. The third kappa shape index (κ3) is 4.54. The average molecular weight is 471 g/mol. The van der Waals surface area contributed by atoms with Crippen molar-refractivity contribution in [3.05, 3.63) is 81.2 Å². The molecular weight excluding hydrogens is 454 g/mol. The van der Waals surface area contributed by atoms with Gasteiger partial charge in [-0.25, -0.2) is 18.6 Å². The van der Waals surface area contributed by atoms with E-state index in [9.17, 15) is 18.8 Å². The van der Waals surface area contributed by atoms with Crippen LogP contribution in [0.2, 0.25) is 5.02 Å². The number of rotatable bonds is 7. The van der Waals surface area contributed by atoms with Crippen LogP contribution in [0.3, 0.4) is 0 Å². The molecule has 2 heterocycles. The number of pyridine rings is 1. The molecule has 162 valence electrons. The summed E-state index contributed by atoms with van der Waals surface area (Å²) in [6.07, 6.45) is -2.21. The van der Waals surface area contributed by atoms with Crippen LogP contribution < -0.4 is 5.69 Å². The Morgan fingerprint density at radius 2 is 1.94 bits per heavy atom. The molecule has 32 heavy (non-hydrogen) atoms. The highest BCUT2D eigenvalue weighted by Gasteiger charge is 2.20. The van der Waals surface area contributed by atoms with E-state index in [0.717, 1.165) is 11.0 Å². The first-order valence-corrected chi connectivity index (χ1v) is 11.1. The van der Waals surface area contributed by atoms with Gasteiger partial charge in [0, 0.05) is 28.4 Å². The van der Waals surface area contributed by atoms with Crippen molar-refractivity contribution < 1.29 is 8.78 Å². The van der Waals surface area contributed by atoms with E-state index in [-0.39, 0.29) is 21.8 Å². The zero-order valence-corrected chi connectivity index (χ0v) is 18.3. The van der Waals surface area contributed by atoms with Crippen LogP contribution in [0.4, 0.5) is 8.78 Å². The molecule has 1 N–H and O–H groups in total. The van der Waals surface area contributed by atoms with Crippen LogP contribution in [0.25, 0.3) is 22.3 Å². The predicted molar refractivity (Wildman–Crippen MR) is 122 cm³/mol. The van der Waals surface area contributed by atoms with Crippen LogP contribution in [0.5, 0.6) is 0 Å². The molecule has 0 spiro atoms. The molecule has 4 aromatic rings. The second kappa shape index (κ2) is 9.55. The molecule has 0 amide bonds. The number of para-hydroxylation sites is 2. The minimum Gasteiger partial charge on any atom is -0.306 e. The van der Waals surface area contributed by atoms with E-state index in [1.54, 1.807) is 28.8 Å². The number of nitriles is 1. The molecule has 0 aliphatic rings. The Balaban J connectivity index is 1.56. The van der Waals surface area contributed by atoms with Crippen LogP contribution in [-0.4, -0.2) is 20.3 Å². The summed E-state index contributed by atoms with van der Waals surface area (Å²) in [4.78, 5) is 19.5. The van der Waals surface area contributed by atoms with Gasteiger partial charge in [0.1, 0.15) is 11.1 Å². The Kier molecular flexibility index (Phi) is 6.58. The van der Waals surface area contributed by atoms with E-state index in [1.165, 1.54) is 17.8 Å². The van der Waals surface area contributed by atoms with E-state index < -0.39 is 6.43 Å². The Morgan fingerprint density at radius 3 is 2.66 bits per heavy atom. The first-order valence-electron chi connectivity index (χ1n) is 9.77. The monoisotopic (exact) mass is 470 g/mol. The van der Waals surface area contributed by atoms with Gasteiger partial charge >= 0.3 is 5.69 Å². The molecule has 0 saturated carbocycles. The summed E-state index contributed by atoms with van der Waals surface area (Å²) in [5, 5.41) is 10.3. The van der Waals surface area contributed by atoms with Crippen molar-refractivity contribution in [2.45, 2.75) is 24.4 Å². The molecule has 0 atom stereocenters. The van der Waals surface area contributed by atoms with Gasteiger partial charge in [-0.3, -0.25) is 4.57 Å². The Bertz CT molecular complexity index is 1360. The van der Waals surface area contributed by atoms with Crippen LogP contribution in [0, 0.1) is 11.3 Å². The number of halogens is 3. The normalized spacial score (nSPS) is 11.2.